The molecule has 5 nitrogen and oxygen atoms in total. The molecule has 0 bridgehead atoms. The van der Waals surface area contributed by atoms with Crippen molar-refractivity contribution >= 4 is 23.1 Å². The van der Waals surface area contributed by atoms with Crippen molar-refractivity contribution in [2.24, 2.45) is 0 Å². The Morgan fingerprint density at radius 1 is 0.786 bits per heavy atom. The highest BCUT2D eigenvalue weighted by Crippen LogP contribution is 2.35. The highest BCUT2D eigenvalue weighted by Gasteiger charge is 2.33. The van der Waals surface area contributed by atoms with E-state index < -0.39 is 11.7 Å². The number of hydrogen-bond donors (Lipinski definition) is 2. The van der Waals surface area contributed by atoms with Crippen molar-refractivity contribution < 1.29 is 13.2 Å². The largest absolute Gasteiger partial charge is 0.418 e. The summed E-state index contributed by atoms with van der Waals surface area (Å²) in [6.07, 6.45) is -3.07. The molecule has 0 amide bonds. The van der Waals surface area contributed by atoms with Crippen LogP contribution in [0.4, 0.5) is 36.3 Å². The van der Waals surface area contributed by atoms with Gasteiger partial charge in [-0.25, -0.2) is 0 Å². The van der Waals surface area contributed by atoms with Crippen LogP contribution in [-0.4, -0.2) is 15.2 Å². The minimum Gasteiger partial charge on any atom is -0.339 e. The first kappa shape index (κ1) is 19.6. The fraction of sp³-hybridized carbons (Fsp3) is 0.250. The number of hydrogen-bond acceptors (Lipinski definition) is 5. The van der Waals surface area contributed by atoms with Gasteiger partial charge in [-0.2, -0.15) is 23.3 Å². The molecule has 0 aliphatic rings. The summed E-state index contributed by atoms with van der Waals surface area (Å²) in [7, 11) is 0. The Hall–Kier alpha value is -3.16. The summed E-state index contributed by atoms with van der Waals surface area (Å²) in [5.74, 6) is 0.341. The summed E-state index contributed by atoms with van der Waals surface area (Å²) in [6, 6.07) is 12.9. The Labute approximate surface area is 161 Å². The van der Waals surface area contributed by atoms with Gasteiger partial charge in [0.05, 0.1) is 17.4 Å². The number of halogens is 3. The van der Waals surface area contributed by atoms with Crippen LogP contribution in [0.3, 0.4) is 0 Å². The first-order valence-electron chi connectivity index (χ1n) is 8.64. The first-order chi connectivity index (χ1) is 13.1. The van der Waals surface area contributed by atoms with E-state index >= 15 is 0 Å². The lowest BCUT2D eigenvalue weighted by molar-refractivity contribution is -0.136. The molecule has 3 rings (SSSR count). The standard InChI is InChI=1S/C20H20F3N5/c1-19(2,3)13-8-4-6-10-15(13)25-17-12-24-28-18(27-17)26-16-11-7-5-9-14(16)20(21,22)23/h4-12H,1-3H3,(H2,25,26,27,28). The average Bonchev–Trinajstić information content (AvgIpc) is 2.61. The molecule has 0 spiro atoms. The fourth-order valence-corrected chi connectivity index (χ4v) is 2.76. The van der Waals surface area contributed by atoms with Crippen LogP contribution in [-0.2, 0) is 11.6 Å². The summed E-state index contributed by atoms with van der Waals surface area (Å²) in [6.45, 7) is 6.27. The van der Waals surface area contributed by atoms with E-state index in [1.54, 1.807) is 0 Å². The van der Waals surface area contributed by atoms with Gasteiger partial charge in [0.25, 0.3) is 0 Å². The Kier molecular flexibility index (Phi) is 5.22. The predicted molar refractivity (Wildman–Crippen MR) is 103 cm³/mol. The number of benzene rings is 2. The van der Waals surface area contributed by atoms with Crippen LogP contribution < -0.4 is 10.6 Å². The zero-order valence-corrected chi connectivity index (χ0v) is 15.7. The van der Waals surface area contributed by atoms with E-state index in [0.29, 0.717) is 5.82 Å². The monoisotopic (exact) mass is 387 g/mol. The number of nitrogens with one attached hydrogen (secondary N) is 2. The molecule has 0 aliphatic heterocycles. The number of aromatic nitrogens is 3. The zero-order valence-electron chi connectivity index (χ0n) is 15.7. The molecule has 146 valence electrons. The lowest BCUT2D eigenvalue weighted by atomic mass is 9.86. The number of anilines is 4. The van der Waals surface area contributed by atoms with Gasteiger partial charge in [-0.3, -0.25) is 0 Å². The van der Waals surface area contributed by atoms with Crippen LogP contribution in [0.5, 0.6) is 0 Å². The summed E-state index contributed by atoms with van der Waals surface area (Å²) < 4.78 is 39.5. The maximum absolute atomic E-state index is 13.2. The minimum absolute atomic E-state index is 0.0325. The molecule has 28 heavy (non-hydrogen) atoms. The summed E-state index contributed by atoms with van der Waals surface area (Å²) in [5, 5.41) is 13.4. The Morgan fingerprint density at radius 3 is 1.96 bits per heavy atom. The van der Waals surface area contributed by atoms with Gasteiger partial charge in [-0.1, -0.05) is 51.1 Å². The molecule has 0 fully saturated rings. The molecule has 0 unspecified atom stereocenters. The summed E-state index contributed by atoms with van der Waals surface area (Å²) in [5.41, 5.74) is 0.887. The number of para-hydroxylation sites is 2. The highest BCUT2D eigenvalue weighted by molar-refractivity contribution is 5.64. The fourth-order valence-electron chi connectivity index (χ4n) is 2.76. The van der Waals surface area contributed by atoms with Crippen molar-refractivity contribution in [1.29, 1.82) is 0 Å². The topological polar surface area (TPSA) is 62.7 Å². The molecule has 8 heteroatoms. The van der Waals surface area contributed by atoms with Gasteiger partial charge < -0.3 is 10.6 Å². The van der Waals surface area contributed by atoms with Crippen LogP contribution in [0.25, 0.3) is 0 Å². The number of nitrogens with zero attached hydrogens (tertiary/aromatic N) is 3. The lowest BCUT2D eigenvalue weighted by Crippen LogP contribution is -2.14. The van der Waals surface area contributed by atoms with Gasteiger partial charge in [0.2, 0.25) is 5.95 Å². The molecule has 0 saturated heterocycles. The van der Waals surface area contributed by atoms with Gasteiger partial charge >= 0.3 is 6.18 Å². The summed E-state index contributed by atoms with van der Waals surface area (Å²) in [4.78, 5) is 4.25. The normalized spacial score (nSPS) is 11.9. The van der Waals surface area contributed by atoms with E-state index in [1.807, 2.05) is 24.3 Å². The maximum Gasteiger partial charge on any atom is 0.418 e. The first-order valence-corrected chi connectivity index (χ1v) is 8.64. The highest BCUT2D eigenvalue weighted by atomic mass is 19.4. The van der Waals surface area contributed by atoms with Gasteiger partial charge in [-0.05, 0) is 29.2 Å². The predicted octanol–water partition coefficient (Wildman–Crippen LogP) is 5.68. The van der Waals surface area contributed by atoms with Crippen molar-refractivity contribution in [3.63, 3.8) is 0 Å². The van der Waals surface area contributed by atoms with Gasteiger partial charge in [0.15, 0.2) is 5.82 Å². The van der Waals surface area contributed by atoms with Crippen LogP contribution in [0.15, 0.2) is 54.7 Å². The van der Waals surface area contributed by atoms with E-state index in [0.717, 1.165) is 17.3 Å². The van der Waals surface area contributed by atoms with Gasteiger partial charge in [0, 0.05) is 5.69 Å². The van der Waals surface area contributed by atoms with Crippen LogP contribution in [0.2, 0.25) is 0 Å². The molecular formula is C20H20F3N5. The van der Waals surface area contributed by atoms with Crippen molar-refractivity contribution in [2.75, 3.05) is 10.6 Å². The molecule has 0 saturated carbocycles. The molecule has 2 N–H and O–H groups in total. The third-order valence-electron chi connectivity index (χ3n) is 4.04. The van der Waals surface area contributed by atoms with E-state index in [1.165, 1.54) is 24.4 Å². The Balaban J connectivity index is 1.88. The minimum atomic E-state index is -4.49. The van der Waals surface area contributed by atoms with Crippen molar-refractivity contribution in [3.8, 4) is 0 Å². The third-order valence-corrected chi connectivity index (χ3v) is 4.04. The smallest absolute Gasteiger partial charge is 0.339 e. The number of alkyl halides is 3. The third kappa shape index (κ3) is 4.57. The maximum atomic E-state index is 13.2. The quantitative estimate of drug-likeness (QED) is 0.603. The molecule has 2 aromatic carbocycles. The second kappa shape index (κ2) is 7.46. The molecule has 0 aliphatic carbocycles. The second-order valence-electron chi connectivity index (χ2n) is 7.25. The van der Waals surface area contributed by atoms with Gasteiger partial charge in [-0.15, -0.1) is 5.10 Å². The van der Waals surface area contributed by atoms with Crippen molar-refractivity contribution in [1.82, 2.24) is 15.2 Å². The SMILES string of the molecule is CC(C)(C)c1ccccc1Nc1cnnc(Nc2ccccc2C(F)(F)F)n1. The molecule has 0 radical (unpaired) electrons. The van der Waals surface area contributed by atoms with Gasteiger partial charge in [0.1, 0.15) is 0 Å². The molecule has 3 aromatic rings. The van der Waals surface area contributed by atoms with Crippen LogP contribution in [0, 0.1) is 0 Å². The zero-order chi connectivity index (χ0) is 20.4. The number of rotatable bonds is 4. The molecule has 1 heterocycles. The van der Waals surface area contributed by atoms with E-state index in [4.69, 9.17) is 0 Å². The van der Waals surface area contributed by atoms with E-state index in [9.17, 15) is 13.2 Å². The molecule has 1 aromatic heterocycles. The second-order valence-corrected chi connectivity index (χ2v) is 7.25. The van der Waals surface area contributed by atoms with E-state index in [2.05, 4.69) is 46.6 Å². The summed E-state index contributed by atoms with van der Waals surface area (Å²) >= 11 is 0. The van der Waals surface area contributed by atoms with Crippen molar-refractivity contribution in [3.05, 3.63) is 65.9 Å². The average molecular weight is 387 g/mol. The van der Waals surface area contributed by atoms with Crippen LogP contribution in [0.1, 0.15) is 31.9 Å². The molecule has 0 atom stereocenters. The van der Waals surface area contributed by atoms with E-state index in [-0.39, 0.29) is 17.1 Å². The Morgan fingerprint density at radius 2 is 1.36 bits per heavy atom. The lowest BCUT2D eigenvalue weighted by Gasteiger charge is -2.23. The molecular weight excluding hydrogens is 367 g/mol. The van der Waals surface area contributed by atoms with Crippen molar-refractivity contribution in [2.45, 2.75) is 32.4 Å². The van der Waals surface area contributed by atoms with Crippen LogP contribution >= 0.6 is 0 Å². The Bertz CT molecular complexity index is 890.